The van der Waals surface area contributed by atoms with E-state index in [-0.39, 0.29) is 5.69 Å². The maximum Gasteiger partial charge on any atom is 0.356 e. The number of aryl methyl sites for hydroxylation is 1. The second kappa shape index (κ2) is 4.45. The van der Waals surface area contributed by atoms with Gasteiger partial charge in [0.1, 0.15) is 0 Å². The van der Waals surface area contributed by atoms with E-state index in [1.54, 1.807) is 10.6 Å². The lowest BCUT2D eigenvalue weighted by Crippen LogP contribution is -1.94. The van der Waals surface area contributed by atoms with Crippen molar-refractivity contribution in [2.24, 2.45) is 0 Å². The normalized spacial score (nSPS) is 10.9. The van der Waals surface area contributed by atoms with E-state index in [1.807, 2.05) is 18.3 Å². The Morgan fingerprint density at radius 3 is 2.80 bits per heavy atom. The molecule has 0 saturated heterocycles. The fraction of sp³-hybridized carbons (Fsp3) is 0.133. The molecule has 0 spiro atoms. The molecule has 0 aliphatic heterocycles. The van der Waals surface area contributed by atoms with E-state index in [0.29, 0.717) is 5.78 Å². The Hall–Kier alpha value is -2.69. The van der Waals surface area contributed by atoms with E-state index in [0.717, 1.165) is 11.1 Å². The number of hydrogen-bond acceptors (Lipinski definition) is 3. The standard InChI is InChI=1S/C15H13N3O2/c1-9-4-3-5-12(10(9)2)11-6-16-15-17-13(14(19)20)8-18(15)7-11/h3-8H,1-2H3,(H,19,20). The average Bonchev–Trinajstić information content (AvgIpc) is 2.85. The van der Waals surface area contributed by atoms with Crippen molar-refractivity contribution in [3.8, 4) is 11.1 Å². The van der Waals surface area contributed by atoms with Gasteiger partial charge in [0, 0.05) is 24.2 Å². The molecule has 0 aliphatic rings. The Balaban J connectivity index is 2.17. The fourth-order valence-corrected chi connectivity index (χ4v) is 2.19. The first-order valence-corrected chi connectivity index (χ1v) is 6.21. The van der Waals surface area contributed by atoms with Gasteiger partial charge in [0.2, 0.25) is 5.78 Å². The Kier molecular flexibility index (Phi) is 2.75. The van der Waals surface area contributed by atoms with Gasteiger partial charge in [0.25, 0.3) is 0 Å². The van der Waals surface area contributed by atoms with E-state index in [2.05, 4.69) is 29.9 Å². The lowest BCUT2D eigenvalue weighted by atomic mass is 9.99. The summed E-state index contributed by atoms with van der Waals surface area (Å²) in [5.41, 5.74) is 4.42. The Bertz CT molecular complexity index is 821. The highest BCUT2D eigenvalue weighted by molar-refractivity contribution is 5.86. The van der Waals surface area contributed by atoms with E-state index in [1.165, 1.54) is 17.3 Å². The van der Waals surface area contributed by atoms with Crippen LogP contribution in [0.2, 0.25) is 0 Å². The Morgan fingerprint density at radius 1 is 1.25 bits per heavy atom. The molecule has 0 unspecified atom stereocenters. The van der Waals surface area contributed by atoms with Crippen molar-refractivity contribution in [2.45, 2.75) is 13.8 Å². The molecule has 3 rings (SSSR count). The van der Waals surface area contributed by atoms with Gasteiger partial charge in [-0.2, -0.15) is 0 Å². The van der Waals surface area contributed by atoms with Crippen LogP contribution in [0.5, 0.6) is 0 Å². The number of benzene rings is 1. The molecule has 0 fully saturated rings. The van der Waals surface area contributed by atoms with E-state index in [4.69, 9.17) is 5.11 Å². The summed E-state index contributed by atoms with van der Waals surface area (Å²) >= 11 is 0. The molecule has 0 saturated carbocycles. The predicted molar refractivity (Wildman–Crippen MR) is 74.9 cm³/mol. The molecule has 2 aromatic heterocycles. The third kappa shape index (κ3) is 1.93. The molecule has 0 aliphatic carbocycles. The number of carbonyl (C=O) groups is 1. The maximum absolute atomic E-state index is 10.9. The van der Waals surface area contributed by atoms with Crippen molar-refractivity contribution in [1.82, 2.24) is 14.4 Å². The lowest BCUT2D eigenvalue weighted by molar-refractivity contribution is 0.0691. The van der Waals surface area contributed by atoms with E-state index < -0.39 is 5.97 Å². The lowest BCUT2D eigenvalue weighted by Gasteiger charge is -2.08. The summed E-state index contributed by atoms with van der Waals surface area (Å²) in [5.74, 6) is -0.666. The summed E-state index contributed by atoms with van der Waals surface area (Å²) in [6.45, 7) is 4.12. The molecule has 0 radical (unpaired) electrons. The number of hydrogen-bond donors (Lipinski definition) is 1. The monoisotopic (exact) mass is 267 g/mol. The minimum absolute atomic E-state index is 0.00406. The number of aromatic carboxylic acids is 1. The molecule has 3 aromatic rings. The van der Waals surface area contributed by atoms with Gasteiger partial charge in [-0.3, -0.25) is 4.40 Å². The number of imidazole rings is 1. The van der Waals surface area contributed by atoms with Gasteiger partial charge in [0.05, 0.1) is 0 Å². The van der Waals surface area contributed by atoms with Crippen LogP contribution < -0.4 is 0 Å². The third-order valence-electron chi connectivity index (χ3n) is 3.44. The van der Waals surface area contributed by atoms with Crippen LogP contribution in [0.25, 0.3) is 16.9 Å². The first-order chi connectivity index (χ1) is 9.56. The number of nitrogens with zero attached hydrogens (tertiary/aromatic N) is 3. The molecule has 0 amide bonds. The highest BCUT2D eigenvalue weighted by Crippen LogP contribution is 2.24. The zero-order chi connectivity index (χ0) is 14.3. The topological polar surface area (TPSA) is 67.5 Å². The number of aromatic nitrogens is 3. The minimum atomic E-state index is -1.05. The first-order valence-electron chi connectivity index (χ1n) is 6.21. The molecule has 2 heterocycles. The molecule has 100 valence electrons. The van der Waals surface area contributed by atoms with Crippen LogP contribution in [0.4, 0.5) is 0 Å². The minimum Gasteiger partial charge on any atom is -0.476 e. The number of carboxylic acid groups (broad SMARTS) is 1. The fourth-order valence-electron chi connectivity index (χ4n) is 2.19. The molecular weight excluding hydrogens is 254 g/mol. The summed E-state index contributed by atoms with van der Waals surface area (Å²) in [6, 6.07) is 6.09. The van der Waals surface area contributed by atoms with Crippen LogP contribution in [0.15, 0.2) is 36.8 Å². The zero-order valence-electron chi connectivity index (χ0n) is 11.2. The van der Waals surface area contributed by atoms with Crippen molar-refractivity contribution in [2.75, 3.05) is 0 Å². The van der Waals surface area contributed by atoms with Crippen LogP contribution in [0.3, 0.4) is 0 Å². The zero-order valence-corrected chi connectivity index (χ0v) is 11.2. The quantitative estimate of drug-likeness (QED) is 0.775. The summed E-state index contributed by atoms with van der Waals surface area (Å²) in [6.07, 6.45) is 5.04. The molecule has 0 bridgehead atoms. The summed E-state index contributed by atoms with van der Waals surface area (Å²) in [5, 5.41) is 8.95. The summed E-state index contributed by atoms with van der Waals surface area (Å²) < 4.78 is 1.64. The molecular formula is C15H13N3O2. The van der Waals surface area contributed by atoms with E-state index in [9.17, 15) is 4.79 Å². The maximum atomic E-state index is 10.9. The first kappa shape index (κ1) is 12.3. The van der Waals surface area contributed by atoms with Gasteiger partial charge in [-0.05, 0) is 30.5 Å². The molecule has 1 aromatic carbocycles. The number of rotatable bonds is 2. The number of fused-ring (bicyclic) bond motifs is 1. The molecule has 1 N–H and O–H groups in total. The number of carboxylic acids is 1. The summed E-state index contributed by atoms with van der Waals surface area (Å²) in [7, 11) is 0. The molecule has 20 heavy (non-hydrogen) atoms. The van der Waals surface area contributed by atoms with Crippen molar-refractivity contribution < 1.29 is 9.90 Å². The molecule has 0 atom stereocenters. The second-order valence-electron chi connectivity index (χ2n) is 4.73. The smallest absolute Gasteiger partial charge is 0.356 e. The third-order valence-corrected chi connectivity index (χ3v) is 3.44. The highest BCUT2D eigenvalue weighted by Gasteiger charge is 2.11. The van der Waals surface area contributed by atoms with Crippen LogP contribution in [-0.4, -0.2) is 25.4 Å². The second-order valence-corrected chi connectivity index (χ2v) is 4.73. The molecule has 5 heteroatoms. The van der Waals surface area contributed by atoms with Crippen molar-refractivity contribution >= 4 is 11.7 Å². The van der Waals surface area contributed by atoms with Crippen LogP contribution in [-0.2, 0) is 0 Å². The molecule has 5 nitrogen and oxygen atoms in total. The highest BCUT2D eigenvalue weighted by atomic mass is 16.4. The largest absolute Gasteiger partial charge is 0.476 e. The van der Waals surface area contributed by atoms with Gasteiger partial charge < -0.3 is 5.11 Å². The van der Waals surface area contributed by atoms with Crippen LogP contribution >= 0.6 is 0 Å². The SMILES string of the molecule is Cc1cccc(-c2cnc3nc(C(=O)O)cn3c2)c1C. The van der Waals surface area contributed by atoms with Gasteiger partial charge in [-0.1, -0.05) is 18.2 Å². The van der Waals surface area contributed by atoms with Crippen LogP contribution in [0.1, 0.15) is 21.6 Å². The van der Waals surface area contributed by atoms with Gasteiger partial charge in [-0.15, -0.1) is 0 Å². The van der Waals surface area contributed by atoms with Crippen molar-refractivity contribution in [1.29, 1.82) is 0 Å². The Morgan fingerprint density at radius 2 is 2.05 bits per heavy atom. The van der Waals surface area contributed by atoms with Crippen molar-refractivity contribution in [3.63, 3.8) is 0 Å². The summed E-state index contributed by atoms with van der Waals surface area (Å²) in [4.78, 5) is 19.1. The van der Waals surface area contributed by atoms with Gasteiger partial charge in [-0.25, -0.2) is 14.8 Å². The van der Waals surface area contributed by atoms with Gasteiger partial charge >= 0.3 is 5.97 Å². The van der Waals surface area contributed by atoms with E-state index >= 15 is 0 Å². The Labute approximate surface area is 115 Å². The van der Waals surface area contributed by atoms with Gasteiger partial charge in [0.15, 0.2) is 5.69 Å². The average molecular weight is 267 g/mol. The van der Waals surface area contributed by atoms with Crippen molar-refractivity contribution in [3.05, 3.63) is 53.6 Å². The van der Waals surface area contributed by atoms with Crippen LogP contribution in [0, 0.1) is 13.8 Å². The predicted octanol–water partition coefficient (Wildman–Crippen LogP) is 2.71.